The molecule has 33 nitrogen and oxygen atoms in total. The number of hydrogen-bond donors (Lipinski definition) is 3. The van der Waals surface area contributed by atoms with Crippen molar-refractivity contribution in [2.45, 2.75) is 57.2 Å². The Labute approximate surface area is 634 Å². The molecule has 0 aliphatic carbocycles. The molecule has 6 amide bonds. The van der Waals surface area contributed by atoms with Crippen LogP contribution >= 0.6 is 34.8 Å². The van der Waals surface area contributed by atoms with Crippen molar-refractivity contribution < 1.29 is 69.3 Å². The number of benzene rings is 3. The molecule has 0 spiro atoms. The van der Waals surface area contributed by atoms with Crippen LogP contribution in [0.4, 0.5) is 43.4 Å². The number of carbonyl (C=O) groups is 6. The molecule has 9 aromatic heterocycles. The summed E-state index contributed by atoms with van der Waals surface area (Å²) in [5.41, 5.74) is 1.41. The molecule has 3 saturated heterocycles. The molecule has 3 N–H and O–H groups in total. The van der Waals surface area contributed by atoms with Crippen molar-refractivity contribution in [3.05, 3.63) is 177 Å². The molecule has 3 atom stereocenters. The first-order chi connectivity index (χ1) is 53.3. The van der Waals surface area contributed by atoms with E-state index in [-0.39, 0.29) is 134 Å². The highest BCUT2D eigenvalue weighted by molar-refractivity contribution is 6.33. The number of likely N-dealkylation sites (N-methyl/N-ethyl adjacent to an activating group) is 3. The molecule has 0 bridgehead atoms. The van der Waals surface area contributed by atoms with Gasteiger partial charge >= 0.3 is 19.8 Å². The molecule has 42 heteroatoms. The predicted octanol–water partition coefficient (Wildman–Crippen LogP) is 10.1. The van der Waals surface area contributed by atoms with Crippen molar-refractivity contribution in [1.82, 2.24) is 87.8 Å². The van der Waals surface area contributed by atoms with E-state index in [1.165, 1.54) is 102 Å². The van der Waals surface area contributed by atoms with E-state index >= 15 is 0 Å². The van der Waals surface area contributed by atoms with Gasteiger partial charge < -0.3 is 44.9 Å². The topological polar surface area (TPSA) is 391 Å². The number of nitrogens with zero attached hydrogens (tertiary/aromatic N) is 21. The van der Waals surface area contributed by atoms with E-state index in [9.17, 15) is 70.9 Å². The highest BCUT2D eigenvalue weighted by Gasteiger charge is 2.37. The van der Waals surface area contributed by atoms with Crippen LogP contribution in [0.1, 0.15) is 85.2 Å². The van der Waals surface area contributed by atoms with Crippen LogP contribution in [0.25, 0.3) is 50.7 Å². The zero-order chi connectivity index (χ0) is 78.8. The molecule has 111 heavy (non-hydrogen) atoms. The molecular formula is C69H51Cl3F6N24O9. The lowest BCUT2D eigenvalue weighted by atomic mass is 10.1. The summed E-state index contributed by atoms with van der Waals surface area (Å²) in [5.74, 6) is -3.49. The third-order valence-electron chi connectivity index (χ3n) is 17.7. The average Bonchev–Trinajstić information content (AvgIpc) is 1.65. The summed E-state index contributed by atoms with van der Waals surface area (Å²) in [6.07, 6.45) is 19.1. The number of halogens is 9. The van der Waals surface area contributed by atoms with Gasteiger partial charge in [-0.3, -0.25) is 42.8 Å². The van der Waals surface area contributed by atoms with Crippen molar-refractivity contribution in [3.63, 3.8) is 0 Å². The average molecular weight is 1580 g/mol. The first-order valence-electron chi connectivity index (χ1n) is 32.7. The summed E-state index contributed by atoms with van der Waals surface area (Å²) >= 11 is 18.6. The second kappa shape index (κ2) is 31.6. The van der Waals surface area contributed by atoms with Gasteiger partial charge in [-0.1, -0.05) is 34.8 Å². The number of alkyl halides is 6. The molecule has 3 aromatic carbocycles. The molecule has 564 valence electrons. The highest BCUT2D eigenvalue weighted by Crippen LogP contribution is 2.44. The van der Waals surface area contributed by atoms with Crippen LogP contribution in [0.3, 0.4) is 0 Å². The second-order valence-corrected chi connectivity index (χ2v) is 25.7. The Morgan fingerprint density at radius 1 is 0.459 bits per heavy atom. The first kappa shape index (κ1) is 75.5. The zero-order valence-corrected chi connectivity index (χ0v) is 59.6. The third kappa shape index (κ3) is 15.5. The van der Waals surface area contributed by atoms with Crippen LogP contribution in [0.2, 0.25) is 15.1 Å². The lowest BCUT2D eigenvalue weighted by molar-refractivity contribution is -0.130. The number of rotatable bonds is 18. The third-order valence-corrected chi connectivity index (χ3v) is 18.6. The SMILES string of the molecule is CN1CCC(n2cc(NC(=O)c3cnn4cccnc34)c(-c3cc(Cl)c(C#N)cc3OC(F)F)n2)C1=O.CN1CC[C@@H](n2cc(NC(=O)c3cnn4cccnc34)c(-c3cc(Cl)c(C#N)cc3OC(F)F)n2)C1=O.CN1CC[C@H](n2cc(NC(=O)c3cnn4cccnc34)c(-c3cc(Cl)c(C#N)cc3OC(F)F)n2)C1=O. The quantitative estimate of drug-likeness (QED) is 0.0672. The van der Waals surface area contributed by atoms with Gasteiger partial charge in [-0.15, -0.1) is 0 Å². The molecule has 15 rings (SSSR count). The minimum atomic E-state index is -3.21. The van der Waals surface area contributed by atoms with Gasteiger partial charge in [0.1, 0.15) is 87.4 Å². The largest absolute Gasteiger partial charge is 0.434 e. The number of nitriles is 3. The summed E-state index contributed by atoms with van der Waals surface area (Å²) in [4.78, 5) is 94.7. The van der Waals surface area contributed by atoms with E-state index in [1.807, 2.05) is 18.2 Å². The van der Waals surface area contributed by atoms with Crippen LogP contribution < -0.4 is 30.2 Å². The van der Waals surface area contributed by atoms with Crippen molar-refractivity contribution >= 4 is 104 Å². The van der Waals surface area contributed by atoms with Gasteiger partial charge in [0.15, 0.2) is 16.9 Å². The molecule has 0 saturated carbocycles. The molecule has 1 unspecified atom stereocenters. The Balaban J connectivity index is 0.000000146. The number of fused-ring (bicyclic) bond motifs is 3. The summed E-state index contributed by atoms with van der Waals surface area (Å²) < 4.78 is 102. The van der Waals surface area contributed by atoms with E-state index in [4.69, 9.17) is 34.8 Å². The van der Waals surface area contributed by atoms with E-state index in [2.05, 4.69) is 75.7 Å². The van der Waals surface area contributed by atoms with Crippen LogP contribution in [0.15, 0.2) is 129 Å². The van der Waals surface area contributed by atoms with Gasteiger partial charge in [-0.2, -0.15) is 72.7 Å². The molecule has 0 radical (unpaired) electrons. The molecule has 12 aromatic rings. The van der Waals surface area contributed by atoms with Crippen molar-refractivity contribution in [1.29, 1.82) is 15.8 Å². The number of anilines is 3. The Bertz CT molecular complexity index is 5290. The zero-order valence-electron chi connectivity index (χ0n) is 57.3. The highest BCUT2D eigenvalue weighted by atomic mass is 35.5. The molecule has 12 heterocycles. The number of hydrogen-bond acceptors (Lipinski definition) is 21. The van der Waals surface area contributed by atoms with E-state index in [0.717, 1.165) is 18.2 Å². The molecular weight excluding hydrogens is 1530 g/mol. The van der Waals surface area contributed by atoms with Gasteiger partial charge in [-0.25, -0.2) is 28.5 Å². The Morgan fingerprint density at radius 2 is 0.730 bits per heavy atom. The Hall–Kier alpha value is -13.7. The lowest BCUT2D eigenvalue weighted by Crippen LogP contribution is -2.24. The standard InChI is InChI=1S/3C23H17ClF2N8O3/c3*1-32-6-3-17(22(32)36)34-11-16(30-21(35)14-10-29-33-5-2-4-28-20(14)33)19(31-34)13-8-15(24)12(9-27)7-18(13)37-23(25)26/h3*2,4-5,7-8,10-11,17,23H,3,6H2,1H3,(H,30,35)/t2*17-;/m10./s1. The molecule has 3 fully saturated rings. The van der Waals surface area contributed by atoms with Gasteiger partial charge in [0.25, 0.3) is 17.7 Å². The van der Waals surface area contributed by atoms with E-state index in [1.54, 1.807) is 72.6 Å². The second-order valence-electron chi connectivity index (χ2n) is 24.5. The van der Waals surface area contributed by atoms with Crippen molar-refractivity contribution in [2.24, 2.45) is 0 Å². The van der Waals surface area contributed by atoms with Crippen molar-refractivity contribution in [2.75, 3.05) is 56.7 Å². The van der Waals surface area contributed by atoms with Crippen molar-refractivity contribution in [3.8, 4) is 69.2 Å². The minimum absolute atomic E-state index is 0.00450. The van der Waals surface area contributed by atoms with Gasteiger partial charge in [-0.05, 0) is 55.7 Å². The smallest absolute Gasteiger partial charge is 0.387 e. The number of nitrogens with one attached hydrogen (secondary N) is 3. The van der Waals surface area contributed by atoms with Gasteiger partial charge in [0.2, 0.25) is 17.7 Å². The fraction of sp³-hybridized carbons (Fsp3) is 0.217. The van der Waals surface area contributed by atoms with Crippen LogP contribution in [0, 0.1) is 34.0 Å². The summed E-state index contributed by atoms with van der Waals surface area (Å²) in [7, 11) is 4.97. The van der Waals surface area contributed by atoms with Crippen LogP contribution in [-0.2, 0) is 14.4 Å². The number of likely N-dealkylation sites (tertiary alicyclic amines) is 3. The van der Waals surface area contributed by atoms with Crippen LogP contribution in [0.5, 0.6) is 17.2 Å². The summed E-state index contributed by atoms with van der Waals surface area (Å²) in [6, 6.07) is 15.3. The maximum Gasteiger partial charge on any atom is 0.387 e. The maximum atomic E-state index is 13.2. The van der Waals surface area contributed by atoms with E-state index in [0.29, 0.717) is 55.8 Å². The maximum absolute atomic E-state index is 13.2. The van der Waals surface area contributed by atoms with E-state index < -0.39 is 55.7 Å². The number of amides is 6. The number of ether oxygens (including phenoxy) is 3. The summed E-state index contributed by atoms with van der Waals surface area (Å²) in [6.45, 7) is -8.13. The summed E-state index contributed by atoms with van der Waals surface area (Å²) in [5, 5.41) is 61.6. The van der Waals surface area contributed by atoms with Crippen LogP contribution in [-0.4, -0.2) is 184 Å². The lowest BCUT2D eigenvalue weighted by Gasteiger charge is -2.12. The number of carbonyl (C=O) groups excluding carboxylic acids is 6. The fourth-order valence-corrected chi connectivity index (χ4v) is 12.9. The molecule has 3 aliphatic rings. The minimum Gasteiger partial charge on any atom is -0.434 e. The Kier molecular flexibility index (Phi) is 21.5. The Morgan fingerprint density at radius 3 is 0.964 bits per heavy atom. The monoisotopic (exact) mass is 1580 g/mol. The fourth-order valence-electron chi connectivity index (χ4n) is 12.3. The predicted molar refractivity (Wildman–Crippen MR) is 379 cm³/mol. The van der Waals surface area contributed by atoms with Gasteiger partial charge in [0, 0.05) is 113 Å². The first-order valence-corrected chi connectivity index (χ1v) is 33.8. The normalized spacial score (nSPS) is 15.4. The van der Waals surface area contributed by atoms with Gasteiger partial charge in [0.05, 0.1) is 86.0 Å². The molecule has 3 aliphatic heterocycles. The number of aromatic nitrogens is 15.